The van der Waals surface area contributed by atoms with Gasteiger partial charge < -0.3 is 9.88 Å². The summed E-state index contributed by atoms with van der Waals surface area (Å²) in [6, 6.07) is 12.7. The molecule has 0 radical (unpaired) electrons. The van der Waals surface area contributed by atoms with Crippen LogP contribution in [-0.4, -0.2) is 52.6 Å². The topological polar surface area (TPSA) is 48.1 Å². The largest absolute Gasteiger partial charge is 0.368 e. The molecule has 0 atom stereocenters. The van der Waals surface area contributed by atoms with E-state index in [9.17, 15) is 0 Å². The van der Waals surface area contributed by atoms with Gasteiger partial charge in [0.05, 0.1) is 5.69 Å². The van der Waals surface area contributed by atoms with E-state index in [0.29, 0.717) is 0 Å². The molecule has 0 spiro atoms. The summed E-state index contributed by atoms with van der Waals surface area (Å²) in [6.07, 6.45) is 6.68. The fourth-order valence-corrected chi connectivity index (χ4v) is 4.74. The fraction of sp³-hybridized carbons (Fsp3) is 0.273. The summed E-state index contributed by atoms with van der Waals surface area (Å²) in [6.45, 7) is 5.42. The molecule has 6 heteroatoms. The maximum absolute atomic E-state index is 4.81. The molecule has 0 amide bonds. The van der Waals surface area contributed by atoms with Crippen molar-refractivity contribution in [2.24, 2.45) is 0 Å². The lowest BCUT2D eigenvalue weighted by Gasteiger charge is -2.36. The van der Waals surface area contributed by atoms with Gasteiger partial charge in [-0.15, -0.1) is 11.3 Å². The molecule has 1 N–H and O–H groups in total. The molecule has 0 bridgehead atoms. The minimum Gasteiger partial charge on any atom is -0.368 e. The molecule has 1 saturated heterocycles. The molecule has 1 fully saturated rings. The lowest BCUT2D eigenvalue weighted by atomic mass is 10.1. The molecule has 142 valence electrons. The highest BCUT2D eigenvalue weighted by molar-refractivity contribution is 7.13. The quantitative estimate of drug-likeness (QED) is 0.559. The molecule has 5 rings (SSSR count). The number of hydrogen-bond donors (Lipinski definition) is 1. The van der Waals surface area contributed by atoms with Crippen LogP contribution >= 0.6 is 11.3 Å². The maximum Gasteiger partial charge on any atom is 0.123 e. The number of anilines is 1. The van der Waals surface area contributed by atoms with Crippen molar-refractivity contribution in [1.29, 1.82) is 0 Å². The summed E-state index contributed by atoms with van der Waals surface area (Å²) in [4.78, 5) is 17.3. The molecular formula is C22H23N5S. The predicted molar refractivity (Wildman–Crippen MR) is 116 cm³/mol. The van der Waals surface area contributed by atoms with Gasteiger partial charge in [-0.2, -0.15) is 0 Å². The number of piperazine rings is 1. The third-order valence-corrected chi connectivity index (χ3v) is 6.39. The Hall–Kier alpha value is -2.70. The van der Waals surface area contributed by atoms with Crippen LogP contribution in [0.4, 0.5) is 5.69 Å². The first-order valence-electron chi connectivity index (χ1n) is 9.75. The molecule has 0 unspecified atom stereocenters. The molecule has 28 heavy (non-hydrogen) atoms. The number of nitrogens with one attached hydrogen (secondary N) is 1. The van der Waals surface area contributed by atoms with Crippen molar-refractivity contribution in [3.63, 3.8) is 0 Å². The fourth-order valence-electron chi connectivity index (χ4n) is 3.88. The third-order valence-electron chi connectivity index (χ3n) is 5.45. The lowest BCUT2D eigenvalue weighted by molar-refractivity contribution is 0.260. The molecule has 1 aliphatic rings. The normalized spacial score (nSPS) is 15.4. The highest BCUT2D eigenvalue weighted by Crippen LogP contribution is 2.27. The van der Waals surface area contributed by atoms with Gasteiger partial charge in [0.25, 0.3) is 0 Å². The molecular weight excluding hydrogens is 366 g/mol. The summed E-state index contributed by atoms with van der Waals surface area (Å²) in [5, 5.41) is 4.60. The number of aromatic amines is 1. The van der Waals surface area contributed by atoms with Crippen molar-refractivity contribution in [2.45, 2.75) is 6.42 Å². The van der Waals surface area contributed by atoms with E-state index < -0.39 is 0 Å². The number of H-pyrrole nitrogens is 1. The van der Waals surface area contributed by atoms with Crippen LogP contribution in [0.5, 0.6) is 0 Å². The monoisotopic (exact) mass is 389 g/mol. The van der Waals surface area contributed by atoms with Gasteiger partial charge in [-0.3, -0.25) is 9.88 Å². The van der Waals surface area contributed by atoms with Crippen molar-refractivity contribution in [3.05, 3.63) is 66.1 Å². The van der Waals surface area contributed by atoms with E-state index in [0.717, 1.165) is 49.7 Å². The average molecular weight is 390 g/mol. The average Bonchev–Trinajstić information content (AvgIpc) is 3.43. The smallest absolute Gasteiger partial charge is 0.123 e. The highest BCUT2D eigenvalue weighted by atomic mass is 32.1. The Kier molecular flexibility index (Phi) is 4.81. The van der Waals surface area contributed by atoms with Crippen LogP contribution in [0.15, 0.2) is 60.4 Å². The maximum atomic E-state index is 4.81. The summed E-state index contributed by atoms with van der Waals surface area (Å²) in [7, 11) is 0. The Bertz CT molecular complexity index is 1050. The van der Waals surface area contributed by atoms with E-state index >= 15 is 0 Å². The Balaban J connectivity index is 1.17. The number of thiazole rings is 1. The van der Waals surface area contributed by atoms with Crippen molar-refractivity contribution in [3.8, 4) is 10.6 Å². The molecule has 0 aliphatic carbocycles. The Labute approximate surface area is 168 Å². The number of benzene rings is 1. The lowest BCUT2D eigenvalue weighted by Crippen LogP contribution is -2.47. The number of rotatable bonds is 5. The number of hydrogen-bond acceptors (Lipinski definition) is 5. The molecule has 5 nitrogen and oxygen atoms in total. The van der Waals surface area contributed by atoms with E-state index in [-0.39, 0.29) is 0 Å². The highest BCUT2D eigenvalue weighted by Gasteiger charge is 2.19. The van der Waals surface area contributed by atoms with Gasteiger partial charge in [-0.1, -0.05) is 6.07 Å². The minimum absolute atomic E-state index is 1.01. The number of fused-ring (bicyclic) bond motifs is 1. The predicted octanol–water partition coefficient (Wildman–Crippen LogP) is 4.05. The molecule has 4 aromatic rings. The molecule has 4 heterocycles. The summed E-state index contributed by atoms with van der Waals surface area (Å²) in [5.41, 5.74) is 4.91. The molecule has 1 aromatic carbocycles. The second kappa shape index (κ2) is 7.73. The van der Waals surface area contributed by atoms with Crippen LogP contribution in [-0.2, 0) is 6.42 Å². The van der Waals surface area contributed by atoms with Crippen molar-refractivity contribution < 1.29 is 0 Å². The van der Waals surface area contributed by atoms with Crippen LogP contribution in [0.3, 0.4) is 0 Å². The van der Waals surface area contributed by atoms with Gasteiger partial charge in [-0.05, 0) is 30.3 Å². The Morgan fingerprint density at radius 1 is 1.00 bits per heavy atom. The van der Waals surface area contributed by atoms with E-state index in [1.165, 1.54) is 22.3 Å². The summed E-state index contributed by atoms with van der Waals surface area (Å²) in [5.74, 6) is 0. The van der Waals surface area contributed by atoms with Gasteiger partial charge >= 0.3 is 0 Å². The van der Waals surface area contributed by atoms with Gasteiger partial charge in [0.2, 0.25) is 0 Å². The summed E-state index contributed by atoms with van der Waals surface area (Å²) >= 11 is 1.72. The van der Waals surface area contributed by atoms with E-state index in [1.807, 2.05) is 30.7 Å². The SMILES string of the molecule is c1cc(N2CCN(CCc3csc(-c4ccncc4)n3)CC2)c2cc[nH]c2c1. The number of nitrogens with zero attached hydrogens (tertiary/aromatic N) is 4. The van der Waals surface area contributed by atoms with E-state index in [2.05, 4.69) is 49.4 Å². The summed E-state index contributed by atoms with van der Waals surface area (Å²) < 4.78 is 0. The first-order valence-corrected chi connectivity index (χ1v) is 10.6. The van der Waals surface area contributed by atoms with Crippen molar-refractivity contribution in [1.82, 2.24) is 19.9 Å². The molecule has 0 saturated carbocycles. The Morgan fingerprint density at radius 3 is 2.71 bits per heavy atom. The zero-order valence-electron chi connectivity index (χ0n) is 15.7. The van der Waals surface area contributed by atoms with Gasteiger partial charge in [-0.25, -0.2) is 4.98 Å². The second-order valence-corrected chi connectivity index (χ2v) is 8.03. The number of aromatic nitrogens is 3. The van der Waals surface area contributed by atoms with Crippen LogP contribution in [0.1, 0.15) is 5.69 Å². The van der Waals surface area contributed by atoms with Crippen molar-refractivity contribution in [2.75, 3.05) is 37.6 Å². The Morgan fingerprint density at radius 2 is 1.86 bits per heavy atom. The van der Waals surface area contributed by atoms with Crippen LogP contribution in [0, 0.1) is 0 Å². The van der Waals surface area contributed by atoms with Crippen molar-refractivity contribution >= 4 is 27.9 Å². The van der Waals surface area contributed by atoms with Gasteiger partial charge in [0.1, 0.15) is 5.01 Å². The first-order chi connectivity index (χ1) is 13.9. The zero-order chi connectivity index (χ0) is 18.8. The van der Waals surface area contributed by atoms with Gasteiger partial charge in [0.15, 0.2) is 0 Å². The molecule has 1 aliphatic heterocycles. The number of pyridine rings is 1. The first kappa shape index (κ1) is 17.4. The third kappa shape index (κ3) is 3.53. The van der Waals surface area contributed by atoms with Gasteiger partial charge in [0, 0.05) is 85.3 Å². The van der Waals surface area contributed by atoms with E-state index in [1.54, 1.807) is 11.3 Å². The van der Waals surface area contributed by atoms with Crippen LogP contribution < -0.4 is 4.90 Å². The minimum atomic E-state index is 1.01. The van der Waals surface area contributed by atoms with Crippen LogP contribution in [0.2, 0.25) is 0 Å². The standard InChI is InChI=1S/C22H23N5S/c1-2-20-19(6-10-24-20)21(3-1)27-14-12-26(13-15-27)11-7-18-16-28-22(25-18)17-4-8-23-9-5-17/h1-6,8-10,16,24H,7,11-15H2. The van der Waals surface area contributed by atoms with E-state index in [4.69, 9.17) is 4.98 Å². The van der Waals surface area contributed by atoms with Crippen LogP contribution in [0.25, 0.3) is 21.5 Å². The zero-order valence-corrected chi connectivity index (χ0v) is 16.5. The second-order valence-electron chi connectivity index (χ2n) is 7.17. The molecule has 3 aromatic heterocycles.